The van der Waals surface area contributed by atoms with E-state index in [1.807, 2.05) is 0 Å². The SMILES string of the molecule is c1ccc2c(c1)B1c3cccc4ccc5c(c34)c3c1c1c(cc3c3nc4ccccc4n53)c3ccccc3n1-2. The second kappa shape index (κ2) is 6.14. The molecule has 0 amide bonds. The quantitative estimate of drug-likeness (QED) is 0.183. The predicted molar refractivity (Wildman–Crippen MR) is 164 cm³/mol. The first-order chi connectivity index (χ1) is 19.4. The summed E-state index contributed by atoms with van der Waals surface area (Å²) in [6, 6.07) is 40.4. The summed E-state index contributed by atoms with van der Waals surface area (Å²) in [6.07, 6.45) is 0. The average Bonchev–Trinajstić information content (AvgIpc) is 3.54. The smallest absolute Gasteiger partial charge is 0.248 e. The molecule has 2 aliphatic rings. The summed E-state index contributed by atoms with van der Waals surface area (Å²) >= 11 is 0. The minimum absolute atomic E-state index is 0.179. The van der Waals surface area contributed by atoms with Gasteiger partial charge in [0, 0.05) is 27.2 Å². The van der Waals surface area contributed by atoms with Gasteiger partial charge in [-0.2, -0.15) is 0 Å². The lowest BCUT2D eigenvalue weighted by Crippen LogP contribution is -2.57. The topological polar surface area (TPSA) is 22.2 Å². The number of para-hydroxylation sites is 4. The molecule has 2 aliphatic heterocycles. The maximum atomic E-state index is 5.27. The van der Waals surface area contributed by atoms with E-state index in [2.05, 4.69) is 118 Å². The van der Waals surface area contributed by atoms with Crippen LogP contribution in [-0.4, -0.2) is 20.7 Å². The van der Waals surface area contributed by atoms with Gasteiger partial charge in [-0.1, -0.05) is 78.3 Å². The molecule has 0 unspecified atom stereocenters. The summed E-state index contributed by atoms with van der Waals surface area (Å²) < 4.78 is 4.93. The first kappa shape index (κ1) is 19.1. The van der Waals surface area contributed by atoms with Crippen molar-refractivity contribution in [2.75, 3.05) is 0 Å². The van der Waals surface area contributed by atoms with Crippen molar-refractivity contribution in [2.24, 2.45) is 0 Å². The van der Waals surface area contributed by atoms with Gasteiger partial charge in [-0.3, -0.25) is 4.40 Å². The van der Waals surface area contributed by atoms with Crippen molar-refractivity contribution in [2.45, 2.75) is 0 Å². The molecule has 0 fully saturated rings. The summed E-state index contributed by atoms with van der Waals surface area (Å²) in [7, 11) is 0. The Balaban J connectivity index is 1.58. The highest BCUT2D eigenvalue weighted by molar-refractivity contribution is 7.02. The van der Waals surface area contributed by atoms with Crippen molar-refractivity contribution in [3.63, 3.8) is 0 Å². The number of aromatic nitrogens is 3. The molecule has 3 nitrogen and oxygen atoms in total. The highest BCUT2D eigenvalue weighted by Crippen LogP contribution is 2.43. The Labute approximate surface area is 222 Å². The van der Waals surface area contributed by atoms with Gasteiger partial charge in [-0.05, 0) is 63.5 Å². The van der Waals surface area contributed by atoms with E-state index in [9.17, 15) is 0 Å². The van der Waals surface area contributed by atoms with E-state index in [1.165, 1.54) is 76.3 Å². The molecule has 5 heterocycles. The molecule has 0 N–H and O–H groups in total. The molecule has 0 radical (unpaired) electrons. The largest absolute Gasteiger partial charge is 0.310 e. The number of hydrogen-bond donors (Lipinski definition) is 0. The summed E-state index contributed by atoms with van der Waals surface area (Å²) in [5, 5.41) is 9.28. The van der Waals surface area contributed by atoms with Crippen LogP contribution in [0.4, 0.5) is 0 Å². The van der Waals surface area contributed by atoms with Crippen LogP contribution in [0.1, 0.15) is 0 Å². The third kappa shape index (κ3) is 1.95. The van der Waals surface area contributed by atoms with E-state index in [0.717, 1.165) is 16.7 Å². The van der Waals surface area contributed by atoms with Gasteiger partial charge in [0.05, 0.1) is 27.6 Å². The Morgan fingerprint density at radius 1 is 0.564 bits per heavy atom. The Bertz CT molecular complexity index is 2620. The fourth-order valence-electron chi connectivity index (χ4n) is 8.07. The van der Waals surface area contributed by atoms with Crippen LogP contribution in [0.3, 0.4) is 0 Å². The highest BCUT2D eigenvalue weighted by Gasteiger charge is 2.39. The zero-order chi connectivity index (χ0) is 25.0. The van der Waals surface area contributed by atoms with E-state index in [4.69, 9.17) is 4.98 Å². The molecule has 9 aromatic rings. The fourth-order valence-corrected chi connectivity index (χ4v) is 8.07. The molecule has 4 heteroatoms. The van der Waals surface area contributed by atoms with Gasteiger partial charge in [-0.15, -0.1) is 0 Å². The van der Waals surface area contributed by atoms with E-state index < -0.39 is 0 Å². The third-order valence-electron chi connectivity index (χ3n) is 9.43. The van der Waals surface area contributed by atoms with Crippen LogP contribution in [-0.2, 0) is 0 Å². The van der Waals surface area contributed by atoms with Crippen LogP contribution in [0.2, 0.25) is 0 Å². The van der Waals surface area contributed by atoms with Crippen molar-refractivity contribution < 1.29 is 0 Å². The number of fused-ring (bicyclic) bond motifs is 12. The summed E-state index contributed by atoms with van der Waals surface area (Å²) in [5.74, 6) is 0. The van der Waals surface area contributed by atoms with E-state index in [1.54, 1.807) is 0 Å². The standard InChI is InChI=1S/C35H18BN3/c1-4-13-26-20(9-1)21-18-22-31-32-29(39-28-15-6-3-12-25(28)37-35(22)39)17-16-19-8-7-11-24(30(19)32)36-23-10-2-5-14-27(23)38(26)34(21)33(31)36/h1-18H. The monoisotopic (exact) mass is 491 g/mol. The number of benzene rings is 6. The van der Waals surface area contributed by atoms with E-state index in [-0.39, 0.29) is 6.71 Å². The number of pyridine rings is 1. The van der Waals surface area contributed by atoms with Crippen LogP contribution in [0.25, 0.3) is 76.6 Å². The van der Waals surface area contributed by atoms with Gasteiger partial charge in [0.2, 0.25) is 6.71 Å². The van der Waals surface area contributed by atoms with Crippen molar-refractivity contribution >= 4 is 94.0 Å². The fraction of sp³-hybridized carbons (Fsp3) is 0. The molecule has 0 spiro atoms. The normalized spacial score (nSPS) is 13.6. The average molecular weight is 491 g/mol. The maximum absolute atomic E-state index is 5.27. The summed E-state index contributed by atoms with van der Waals surface area (Å²) in [6.45, 7) is 0.179. The van der Waals surface area contributed by atoms with Gasteiger partial charge < -0.3 is 4.57 Å². The highest BCUT2D eigenvalue weighted by atomic mass is 15.0. The molecule has 0 aliphatic carbocycles. The molecule has 0 saturated heterocycles. The molecular formula is C35H18BN3. The van der Waals surface area contributed by atoms with Gasteiger partial charge in [-0.25, -0.2) is 4.98 Å². The molecule has 3 aromatic heterocycles. The van der Waals surface area contributed by atoms with Crippen LogP contribution in [0.15, 0.2) is 109 Å². The van der Waals surface area contributed by atoms with E-state index >= 15 is 0 Å². The Hall–Kier alpha value is -5.09. The third-order valence-corrected chi connectivity index (χ3v) is 9.43. The van der Waals surface area contributed by atoms with Crippen molar-refractivity contribution in [1.82, 2.24) is 14.0 Å². The van der Waals surface area contributed by atoms with Crippen molar-refractivity contribution in [3.05, 3.63) is 109 Å². The number of imidazole rings is 1. The lowest BCUT2D eigenvalue weighted by Gasteiger charge is -2.32. The Morgan fingerprint density at radius 3 is 2.36 bits per heavy atom. The minimum atomic E-state index is 0.179. The number of nitrogens with zero attached hydrogens (tertiary/aromatic N) is 3. The maximum Gasteiger partial charge on any atom is 0.248 e. The molecular weight excluding hydrogens is 473 g/mol. The first-order valence-corrected chi connectivity index (χ1v) is 13.6. The van der Waals surface area contributed by atoms with Crippen molar-refractivity contribution in [3.8, 4) is 5.69 Å². The Morgan fingerprint density at radius 2 is 1.38 bits per heavy atom. The van der Waals surface area contributed by atoms with Crippen LogP contribution < -0.4 is 16.4 Å². The summed E-state index contributed by atoms with van der Waals surface area (Å²) in [4.78, 5) is 5.27. The van der Waals surface area contributed by atoms with Crippen LogP contribution >= 0.6 is 0 Å². The van der Waals surface area contributed by atoms with Gasteiger partial charge in [0.25, 0.3) is 0 Å². The summed E-state index contributed by atoms with van der Waals surface area (Å²) in [5.41, 5.74) is 12.6. The van der Waals surface area contributed by atoms with Gasteiger partial charge in [0.1, 0.15) is 5.65 Å². The second-order valence-electron chi connectivity index (χ2n) is 11.1. The Kier molecular flexibility index (Phi) is 3.00. The van der Waals surface area contributed by atoms with E-state index in [0.29, 0.717) is 0 Å². The van der Waals surface area contributed by atoms with Gasteiger partial charge in [0.15, 0.2) is 0 Å². The minimum Gasteiger partial charge on any atom is -0.310 e. The zero-order valence-electron chi connectivity index (χ0n) is 20.8. The molecule has 0 saturated carbocycles. The molecule has 0 bridgehead atoms. The number of hydrogen-bond acceptors (Lipinski definition) is 1. The molecule has 176 valence electrons. The molecule has 39 heavy (non-hydrogen) atoms. The van der Waals surface area contributed by atoms with Crippen LogP contribution in [0.5, 0.6) is 0 Å². The van der Waals surface area contributed by atoms with Crippen molar-refractivity contribution in [1.29, 1.82) is 0 Å². The predicted octanol–water partition coefficient (Wildman–Crippen LogP) is 6.19. The van der Waals surface area contributed by atoms with Gasteiger partial charge >= 0.3 is 0 Å². The van der Waals surface area contributed by atoms with Crippen LogP contribution in [0, 0.1) is 0 Å². The lowest BCUT2D eigenvalue weighted by molar-refractivity contribution is 1.19. The zero-order valence-corrected chi connectivity index (χ0v) is 20.8. The molecule has 6 aromatic carbocycles. The molecule has 11 rings (SSSR count). The lowest BCUT2D eigenvalue weighted by atomic mass is 9.33. The first-order valence-electron chi connectivity index (χ1n) is 13.6. The molecule has 0 atom stereocenters. The number of rotatable bonds is 0. The second-order valence-corrected chi connectivity index (χ2v) is 11.1.